The first-order valence-corrected chi connectivity index (χ1v) is 18.7. The van der Waals surface area contributed by atoms with Crippen LogP contribution in [0.5, 0.6) is 0 Å². The molecule has 0 aromatic rings. The van der Waals surface area contributed by atoms with Gasteiger partial charge >= 0.3 is 23.9 Å². The van der Waals surface area contributed by atoms with Crippen LogP contribution in [0.2, 0.25) is 0 Å². The Hall–Kier alpha value is -3.32. The van der Waals surface area contributed by atoms with Crippen LogP contribution in [0.3, 0.4) is 0 Å². The van der Waals surface area contributed by atoms with Gasteiger partial charge in [0, 0.05) is 32.2 Å². The first-order valence-electron chi connectivity index (χ1n) is 18.1. The third-order valence-corrected chi connectivity index (χ3v) is 8.77. The molecular formula is C34H61N4O11P. The summed E-state index contributed by atoms with van der Waals surface area (Å²) in [5.74, 6) is -5.88. The van der Waals surface area contributed by atoms with Crippen molar-refractivity contribution in [3.8, 4) is 0 Å². The molecular weight excluding hydrogens is 671 g/mol. The molecule has 288 valence electrons. The first kappa shape index (κ1) is 46.7. The number of amides is 3. The third-order valence-electron chi connectivity index (χ3n) is 8.37. The molecule has 0 aliphatic rings. The molecule has 0 aromatic carbocycles. The maximum atomic E-state index is 12.4. The molecule has 0 heterocycles. The second kappa shape index (κ2) is 30.5. The van der Waals surface area contributed by atoms with Crippen LogP contribution < -0.4 is 21.0 Å². The zero-order valence-corrected chi connectivity index (χ0v) is 30.6. The zero-order valence-electron chi connectivity index (χ0n) is 29.4. The number of nitrogens with one attached hydrogen (secondary N) is 4. The standard InChI is InChI=1S/C34H61N4O11P/c39-28(35-24-16-15-17-27(38-50)34(48)49)22-20-25(32(44)45)37-30(41)23-21-26(33(46)47)36-29(40)18-13-11-9-7-5-3-1-2-4-6-8-10-12-14-19-31(42)43/h25-27,38H,1-24,50H2,(H,35,39)(H,36,40)(H,37,41)(H,42,43)(H,44,45)(H,46,47)(H,48,49)/t25-,26-,27-/m0/s1. The van der Waals surface area contributed by atoms with E-state index in [1.165, 1.54) is 32.1 Å². The molecule has 0 saturated carbocycles. The van der Waals surface area contributed by atoms with Crippen molar-refractivity contribution in [2.24, 2.45) is 0 Å². The highest BCUT2D eigenvalue weighted by Crippen LogP contribution is 2.14. The second-order valence-electron chi connectivity index (χ2n) is 12.7. The Morgan fingerprint density at radius 3 is 1.20 bits per heavy atom. The Kier molecular flexibility index (Phi) is 28.5. The molecule has 16 heteroatoms. The van der Waals surface area contributed by atoms with Gasteiger partial charge in [-0.2, -0.15) is 0 Å². The summed E-state index contributed by atoms with van der Waals surface area (Å²) in [4.78, 5) is 81.6. The van der Waals surface area contributed by atoms with E-state index in [1.54, 1.807) is 0 Å². The van der Waals surface area contributed by atoms with Crippen LogP contribution >= 0.6 is 9.39 Å². The van der Waals surface area contributed by atoms with E-state index in [4.69, 9.17) is 10.2 Å². The van der Waals surface area contributed by atoms with E-state index in [-0.39, 0.29) is 45.1 Å². The zero-order chi connectivity index (χ0) is 37.6. The molecule has 0 fully saturated rings. The monoisotopic (exact) mass is 732 g/mol. The second-order valence-corrected chi connectivity index (χ2v) is 13.1. The van der Waals surface area contributed by atoms with Gasteiger partial charge < -0.3 is 36.4 Å². The normalized spacial score (nSPS) is 12.7. The van der Waals surface area contributed by atoms with Crippen LogP contribution in [-0.2, 0) is 33.6 Å². The molecule has 0 spiro atoms. The van der Waals surface area contributed by atoms with Crippen LogP contribution in [-0.4, -0.2) is 86.7 Å². The molecule has 0 aliphatic carbocycles. The van der Waals surface area contributed by atoms with Crippen LogP contribution in [0.4, 0.5) is 0 Å². The van der Waals surface area contributed by atoms with E-state index in [9.17, 15) is 43.8 Å². The van der Waals surface area contributed by atoms with Crippen LogP contribution in [0.15, 0.2) is 0 Å². The Morgan fingerprint density at radius 1 is 0.420 bits per heavy atom. The van der Waals surface area contributed by atoms with Gasteiger partial charge in [0.15, 0.2) is 0 Å². The number of unbranched alkanes of at least 4 members (excludes halogenated alkanes) is 14. The molecule has 0 aliphatic heterocycles. The minimum atomic E-state index is -1.35. The molecule has 15 nitrogen and oxygen atoms in total. The Labute approximate surface area is 298 Å². The molecule has 4 atom stereocenters. The Balaban J connectivity index is 4.10. The van der Waals surface area contributed by atoms with E-state index in [0.29, 0.717) is 25.7 Å². The number of carbonyl (C=O) groups is 7. The lowest BCUT2D eigenvalue weighted by molar-refractivity contribution is -0.143. The molecule has 50 heavy (non-hydrogen) atoms. The first-order chi connectivity index (χ1) is 23.9. The smallest absolute Gasteiger partial charge is 0.326 e. The predicted molar refractivity (Wildman–Crippen MR) is 190 cm³/mol. The summed E-state index contributed by atoms with van der Waals surface area (Å²) in [7, 11) is 2.15. The average molecular weight is 733 g/mol. The number of hydrogen-bond acceptors (Lipinski definition) is 8. The van der Waals surface area contributed by atoms with Crippen molar-refractivity contribution in [1.29, 1.82) is 0 Å². The summed E-state index contributed by atoms with van der Waals surface area (Å²) in [6.07, 6.45) is 15.6. The summed E-state index contributed by atoms with van der Waals surface area (Å²) >= 11 is 0. The SMILES string of the molecule is O=C(O)CCCCCCCCCCCCCCCCC(=O)N[C@@H](CCC(=O)N[C@@H](CCC(=O)NCCCC[C@H](NP)C(=O)O)C(=O)O)C(=O)O. The molecule has 0 rings (SSSR count). The minimum Gasteiger partial charge on any atom is -0.481 e. The predicted octanol–water partition coefficient (Wildman–Crippen LogP) is 4.13. The van der Waals surface area contributed by atoms with Gasteiger partial charge in [0.2, 0.25) is 17.7 Å². The van der Waals surface area contributed by atoms with Crippen LogP contribution in [0.1, 0.15) is 148 Å². The van der Waals surface area contributed by atoms with Crippen molar-refractivity contribution in [2.45, 2.75) is 166 Å². The molecule has 3 amide bonds. The van der Waals surface area contributed by atoms with Crippen molar-refractivity contribution in [1.82, 2.24) is 21.0 Å². The third kappa shape index (κ3) is 27.5. The number of carboxylic acid groups (broad SMARTS) is 4. The molecule has 0 radical (unpaired) electrons. The van der Waals surface area contributed by atoms with E-state index in [1.807, 2.05) is 0 Å². The summed E-state index contributed by atoms with van der Waals surface area (Å²) in [5.41, 5.74) is 0. The van der Waals surface area contributed by atoms with E-state index >= 15 is 0 Å². The highest BCUT2D eigenvalue weighted by molar-refractivity contribution is 7.13. The molecule has 0 aromatic heterocycles. The maximum Gasteiger partial charge on any atom is 0.326 e. The van der Waals surface area contributed by atoms with Gasteiger partial charge in [-0.3, -0.25) is 29.1 Å². The van der Waals surface area contributed by atoms with Crippen molar-refractivity contribution in [3.05, 3.63) is 0 Å². The van der Waals surface area contributed by atoms with Gasteiger partial charge in [-0.1, -0.05) is 86.4 Å². The lowest BCUT2D eigenvalue weighted by Crippen LogP contribution is -2.44. The summed E-state index contributed by atoms with van der Waals surface area (Å²) in [6.45, 7) is 0.289. The lowest BCUT2D eigenvalue weighted by atomic mass is 10.0. The molecule has 0 bridgehead atoms. The van der Waals surface area contributed by atoms with Crippen molar-refractivity contribution >= 4 is 51.0 Å². The minimum absolute atomic E-state index is 0.170. The maximum absolute atomic E-state index is 12.4. The van der Waals surface area contributed by atoms with Gasteiger partial charge in [-0.25, -0.2) is 9.59 Å². The van der Waals surface area contributed by atoms with Gasteiger partial charge in [-0.15, -0.1) is 0 Å². The quantitative estimate of drug-likeness (QED) is 0.0344. The Bertz CT molecular complexity index is 1030. The fourth-order valence-corrected chi connectivity index (χ4v) is 5.66. The molecule has 1 unspecified atom stereocenters. The van der Waals surface area contributed by atoms with Crippen LogP contribution in [0.25, 0.3) is 0 Å². The van der Waals surface area contributed by atoms with Gasteiger partial charge in [0.1, 0.15) is 18.1 Å². The average Bonchev–Trinajstić information content (AvgIpc) is 3.05. The number of carbonyl (C=O) groups excluding carboxylic acids is 3. The summed E-state index contributed by atoms with van der Waals surface area (Å²) in [5, 5.41) is 46.6. The highest BCUT2D eigenvalue weighted by Gasteiger charge is 2.24. The topological polar surface area (TPSA) is 249 Å². The number of carboxylic acids is 4. The fourth-order valence-electron chi connectivity index (χ4n) is 5.35. The highest BCUT2D eigenvalue weighted by atomic mass is 31.0. The number of aliphatic carboxylic acids is 4. The van der Waals surface area contributed by atoms with Crippen molar-refractivity contribution in [3.63, 3.8) is 0 Å². The van der Waals surface area contributed by atoms with E-state index in [0.717, 1.165) is 51.4 Å². The lowest BCUT2D eigenvalue weighted by Gasteiger charge is -2.17. The van der Waals surface area contributed by atoms with Gasteiger partial charge in [-0.05, 0) is 44.9 Å². The summed E-state index contributed by atoms with van der Waals surface area (Å²) < 4.78 is 0. The fraction of sp³-hybridized carbons (Fsp3) is 0.794. The van der Waals surface area contributed by atoms with E-state index < -0.39 is 59.7 Å². The van der Waals surface area contributed by atoms with Crippen LogP contribution in [0, 0.1) is 0 Å². The number of rotatable bonds is 34. The number of hydrogen-bond donors (Lipinski definition) is 8. The van der Waals surface area contributed by atoms with E-state index in [2.05, 4.69) is 30.4 Å². The molecule has 8 N–H and O–H groups in total. The van der Waals surface area contributed by atoms with Gasteiger partial charge in [0.25, 0.3) is 0 Å². The van der Waals surface area contributed by atoms with Gasteiger partial charge in [0.05, 0.1) is 0 Å². The van der Waals surface area contributed by atoms with Crippen molar-refractivity contribution in [2.75, 3.05) is 6.54 Å². The Morgan fingerprint density at radius 2 is 0.800 bits per heavy atom. The largest absolute Gasteiger partial charge is 0.481 e. The summed E-state index contributed by atoms with van der Waals surface area (Å²) in [6, 6.07) is -3.35. The van der Waals surface area contributed by atoms with Crippen molar-refractivity contribution < 1.29 is 54.0 Å². The molecule has 0 saturated heterocycles.